The number of nitrogens with one attached hydrogen (secondary N) is 1. The molecule has 0 radical (unpaired) electrons. The van der Waals surface area contributed by atoms with E-state index in [0.29, 0.717) is 12.1 Å². The summed E-state index contributed by atoms with van der Waals surface area (Å²) < 4.78 is 1.10. The zero-order valence-corrected chi connectivity index (χ0v) is 13.6. The smallest absolute Gasteiger partial charge is 0.0564 e. The van der Waals surface area contributed by atoms with Gasteiger partial charge in [0.1, 0.15) is 0 Å². The lowest BCUT2D eigenvalue weighted by atomic mass is 10.0. The molecule has 0 saturated carbocycles. The second kappa shape index (κ2) is 8.20. The van der Waals surface area contributed by atoms with Gasteiger partial charge in [-0.05, 0) is 37.3 Å². The van der Waals surface area contributed by atoms with Crippen molar-refractivity contribution < 1.29 is 5.11 Å². The summed E-state index contributed by atoms with van der Waals surface area (Å²) in [5.74, 6) is 0. The summed E-state index contributed by atoms with van der Waals surface area (Å²) in [7, 11) is 0. The second-order valence-electron chi connectivity index (χ2n) is 4.42. The summed E-state index contributed by atoms with van der Waals surface area (Å²) in [4.78, 5) is 0. The Balaban J connectivity index is 2.69. The van der Waals surface area contributed by atoms with Crippen LogP contribution in [0.1, 0.15) is 31.9 Å². The normalized spacial score (nSPS) is 16.3. The molecule has 4 heteroatoms. The first kappa shape index (κ1) is 16.0. The fourth-order valence-corrected chi connectivity index (χ4v) is 2.91. The topological polar surface area (TPSA) is 32.3 Å². The van der Waals surface area contributed by atoms with E-state index in [1.165, 1.54) is 5.56 Å². The van der Waals surface area contributed by atoms with E-state index in [2.05, 4.69) is 59.4 Å². The van der Waals surface area contributed by atoms with Crippen LogP contribution in [0.4, 0.5) is 0 Å². The van der Waals surface area contributed by atoms with E-state index >= 15 is 0 Å². The molecule has 3 atom stereocenters. The summed E-state index contributed by atoms with van der Waals surface area (Å²) in [6, 6.07) is 9.06. The van der Waals surface area contributed by atoms with E-state index in [4.69, 9.17) is 0 Å². The third-order valence-electron chi connectivity index (χ3n) is 3.19. The predicted octanol–water partition coefficient (Wildman–Crippen LogP) is 3.60. The van der Waals surface area contributed by atoms with Crippen LogP contribution in [0.15, 0.2) is 28.7 Å². The van der Waals surface area contributed by atoms with Crippen molar-refractivity contribution in [2.45, 2.75) is 37.6 Å². The first-order chi connectivity index (χ1) is 8.62. The largest absolute Gasteiger partial charge is 0.395 e. The van der Waals surface area contributed by atoms with Gasteiger partial charge in [-0.2, -0.15) is 11.8 Å². The quantitative estimate of drug-likeness (QED) is 0.800. The number of rotatable bonds is 7. The number of aliphatic hydroxyl groups excluding tert-OH is 1. The fourth-order valence-electron chi connectivity index (χ4n) is 2.01. The molecule has 0 fully saturated rings. The van der Waals surface area contributed by atoms with Gasteiger partial charge in [0, 0.05) is 21.8 Å². The van der Waals surface area contributed by atoms with Gasteiger partial charge in [0.15, 0.2) is 0 Å². The lowest BCUT2D eigenvalue weighted by Crippen LogP contribution is -2.39. The number of thioether (sulfide) groups is 1. The highest BCUT2D eigenvalue weighted by Crippen LogP contribution is 2.21. The van der Waals surface area contributed by atoms with Crippen LogP contribution in [-0.2, 0) is 0 Å². The Morgan fingerprint density at radius 2 is 1.94 bits per heavy atom. The molecule has 0 bridgehead atoms. The van der Waals surface area contributed by atoms with Crippen molar-refractivity contribution in [3.8, 4) is 0 Å². The molecule has 0 spiro atoms. The van der Waals surface area contributed by atoms with Crippen LogP contribution in [-0.4, -0.2) is 29.3 Å². The maximum atomic E-state index is 9.32. The van der Waals surface area contributed by atoms with E-state index in [-0.39, 0.29) is 11.9 Å². The van der Waals surface area contributed by atoms with E-state index in [1.807, 2.05) is 6.26 Å². The minimum absolute atomic E-state index is 0.214. The lowest BCUT2D eigenvalue weighted by Gasteiger charge is -2.27. The molecule has 0 aliphatic heterocycles. The molecule has 3 unspecified atom stereocenters. The van der Waals surface area contributed by atoms with E-state index < -0.39 is 0 Å². The van der Waals surface area contributed by atoms with Gasteiger partial charge < -0.3 is 10.4 Å². The first-order valence-electron chi connectivity index (χ1n) is 6.27. The molecule has 0 aliphatic carbocycles. The molecule has 0 amide bonds. The third-order valence-corrected chi connectivity index (χ3v) is 4.88. The van der Waals surface area contributed by atoms with E-state index in [9.17, 15) is 5.11 Å². The standard InChI is InChI=1S/C14H22BrNOS/c1-4-13(11-5-7-12(15)8-6-11)16-10(2)14(9-17)18-3/h5-8,10,13-14,16-17H,4,9H2,1-3H3. The Labute approximate surface area is 123 Å². The molecule has 18 heavy (non-hydrogen) atoms. The molecule has 0 saturated heterocycles. The Hall–Kier alpha value is -0.0300. The van der Waals surface area contributed by atoms with Crippen molar-refractivity contribution in [3.05, 3.63) is 34.3 Å². The highest BCUT2D eigenvalue weighted by Gasteiger charge is 2.19. The third kappa shape index (κ3) is 4.57. The van der Waals surface area contributed by atoms with Crippen molar-refractivity contribution in [2.24, 2.45) is 0 Å². The molecule has 2 nitrogen and oxygen atoms in total. The maximum absolute atomic E-state index is 9.32. The Bertz CT molecular complexity index is 340. The van der Waals surface area contributed by atoms with Gasteiger partial charge in [0.05, 0.1) is 6.61 Å². The van der Waals surface area contributed by atoms with Gasteiger partial charge in [-0.15, -0.1) is 0 Å². The molecule has 1 rings (SSSR count). The molecule has 1 aromatic carbocycles. The predicted molar refractivity (Wildman–Crippen MR) is 84.2 cm³/mol. The summed E-state index contributed by atoms with van der Waals surface area (Å²) in [5.41, 5.74) is 1.30. The Morgan fingerprint density at radius 1 is 1.33 bits per heavy atom. The summed E-state index contributed by atoms with van der Waals surface area (Å²) >= 11 is 5.16. The van der Waals surface area contributed by atoms with E-state index in [0.717, 1.165) is 10.9 Å². The number of aliphatic hydroxyl groups is 1. The van der Waals surface area contributed by atoms with Crippen LogP contribution in [0.2, 0.25) is 0 Å². The van der Waals surface area contributed by atoms with Gasteiger partial charge >= 0.3 is 0 Å². The van der Waals surface area contributed by atoms with Gasteiger partial charge in [-0.1, -0.05) is 35.0 Å². The number of hydrogen-bond acceptors (Lipinski definition) is 3. The van der Waals surface area contributed by atoms with Gasteiger partial charge in [-0.25, -0.2) is 0 Å². The van der Waals surface area contributed by atoms with E-state index in [1.54, 1.807) is 11.8 Å². The highest BCUT2D eigenvalue weighted by molar-refractivity contribution is 9.10. The molecule has 102 valence electrons. The summed E-state index contributed by atoms with van der Waals surface area (Å²) in [5, 5.41) is 13.2. The maximum Gasteiger partial charge on any atom is 0.0564 e. The highest BCUT2D eigenvalue weighted by atomic mass is 79.9. The number of halogens is 1. The molecule has 1 aromatic rings. The molecular formula is C14H22BrNOS. The fraction of sp³-hybridized carbons (Fsp3) is 0.571. The molecule has 0 aromatic heterocycles. The monoisotopic (exact) mass is 331 g/mol. The molecule has 2 N–H and O–H groups in total. The van der Waals surface area contributed by atoms with Crippen LogP contribution in [0.3, 0.4) is 0 Å². The van der Waals surface area contributed by atoms with Crippen molar-refractivity contribution in [2.75, 3.05) is 12.9 Å². The first-order valence-corrected chi connectivity index (χ1v) is 8.35. The van der Waals surface area contributed by atoms with Crippen LogP contribution < -0.4 is 5.32 Å². The van der Waals surface area contributed by atoms with Gasteiger partial charge in [-0.3, -0.25) is 0 Å². The average Bonchev–Trinajstić information content (AvgIpc) is 2.38. The van der Waals surface area contributed by atoms with Crippen LogP contribution in [0.25, 0.3) is 0 Å². The Morgan fingerprint density at radius 3 is 2.39 bits per heavy atom. The van der Waals surface area contributed by atoms with Crippen LogP contribution in [0, 0.1) is 0 Å². The van der Waals surface area contributed by atoms with Crippen LogP contribution in [0.5, 0.6) is 0 Å². The zero-order valence-electron chi connectivity index (χ0n) is 11.2. The lowest BCUT2D eigenvalue weighted by molar-refractivity contribution is 0.269. The van der Waals surface area contributed by atoms with Crippen molar-refractivity contribution in [1.82, 2.24) is 5.32 Å². The zero-order chi connectivity index (χ0) is 13.5. The van der Waals surface area contributed by atoms with Crippen LogP contribution >= 0.6 is 27.7 Å². The average molecular weight is 332 g/mol. The Kier molecular flexibility index (Phi) is 7.30. The molecular weight excluding hydrogens is 310 g/mol. The minimum Gasteiger partial charge on any atom is -0.395 e. The summed E-state index contributed by atoms with van der Waals surface area (Å²) in [6.45, 7) is 4.53. The van der Waals surface area contributed by atoms with Gasteiger partial charge in [0.2, 0.25) is 0 Å². The van der Waals surface area contributed by atoms with Crippen molar-refractivity contribution in [1.29, 1.82) is 0 Å². The SMILES string of the molecule is CCC(NC(C)C(CO)SC)c1ccc(Br)cc1. The minimum atomic E-state index is 0.214. The van der Waals surface area contributed by atoms with Gasteiger partial charge in [0.25, 0.3) is 0 Å². The van der Waals surface area contributed by atoms with Crippen molar-refractivity contribution in [3.63, 3.8) is 0 Å². The number of benzene rings is 1. The second-order valence-corrected chi connectivity index (χ2v) is 6.42. The summed E-state index contributed by atoms with van der Waals surface area (Å²) in [6.07, 6.45) is 3.08. The molecule has 0 aliphatic rings. The number of hydrogen-bond donors (Lipinski definition) is 2. The molecule has 0 heterocycles. The van der Waals surface area contributed by atoms with Crippen molar-refractivity contribution >= 4 is 27.7 Å².